The molecule has 3 aromatic carbocycles. The Morgan fingerprint density at radius 3 is 2.11 bits per heavy atom. The zero-order valence-electron chi connectivity index (χ0n) is 14.4. The van der Waals surface area contributed by atoms with Crippen LogP contribution in [-0.4, -0.2) is 11.8 Å². The molecule has 0 saturated heterocycles. The summed E-state index contributed by atoms with van der Waals surface area (Å²) in [5.74, 6) is -1.41. The fourth-order valence-corrected chi connectivity index (χ4v) is 2.65. The van der Waals surface area contributed by atoms with Crippen molar-refractivity contribution in [3.05, 3.63) is 94.3 Å². The van der Waals surface area contributed by atoms with Crippen LogP contribution in [0.2, 0.25) is 5.02 Å². The van der Waals surface area contributed by atoms with Gasteiger partial charge in [0.05, 0.1) is 5.69 Å². The Morgan fingerprint density at radius 1 is 0.815 bits per heavy atom. The summed E-state index contributed by atoms with van der Waals surface area (Å²) in [6.07, 6.45) is 0. The highest BCUT2D eigenvalue weighted by atomic mass is 35.5. The molecule has 2 N–H and O–H groups in total. The highest BCUT2D eigenvalue weighted by Gasteiger charge is 2.13. The number of para-hydroxylation sites is 1. The number of benzene rings is 3. The summed E-state index contributed by atoms with van der Waals surface area (Å²) in [4.78, 5) is 24.9. The fourth-order valence-electron chi connectivity index (χ4n) is 2.48. The zero-order valence-corrected chi connectivity index (χ0v) is 15.2. The molecular weight excluding hydrogens is 367 g/mol. The van der Waals surface area contributed by atoms with Gasteiger partial charge in [0.15, 0.2) is 0 Å². The molecule has 0 radical (unpaired) electrons. The molecule has 0 bridgehead atoms. The lowest BCUT2D eigenvalue weighted by atomic mass is 10.1. The summed E-state index contributed by atoms with van der Waals surface area (Å²) in [6.45, 7) is 1.85. The minimum atomic E-state index is -0.531. The summed E-state index contributed by atoms with van der Waals surface area (Å²) < 4.78 is 13.7. The highest BCUT2D eigenvalue weighted by molar-refractivity contribution is 6.31. The third-order valence-electron chi connectivity index (χ3n) is 3.96. The molecule has 0 spiro atoms. The van der Waals surface area contributed by atoms with E-state index in [1.807, 2.05) is 6.92 Å². The molecule has 0 aliphatic heterocycles. The van der Waals surface area contributed by atoms with Gasteiger partial charge in [-0.25, -0.2) is 4.39 Å². The molecule has 0 aliphatic rings. The topological polar surface area (TPSA) is 58.2 Å². The average Bonchev–Trinajstić information content (AvgIpc) is 2.66. The maximum Gasteiger partial charge on any atom is 0.255 e. The average molecular weight is 383 g/mol. The number of rotatable bonds is 4. The summed E-state index contributed by atoms with van der Waals surface area (Å²) in [7, 11) is 0. The molecule has 2 amide bonds. The van der Waals surface area contributed by atoms with Gasteiger partial charge < -0.3 is 10.6 Å². The van der Waals surface area contributed by atoms with Crippen LogP contribution in [0.5, 0.6) is 0 Å². The van der Waals surface area contributed by atoms with Crippen molar-refractivity contribution >= 4 is 34.8 Å². The molecular formula is C21H16ClFN2O2. The van der Waals surface area contributed by atoms with Gasteiger partial charge in [0, 0.05) is 21.8 Å². The van der Waals surface area contributed by atoms with Gasteiger partial charge in [0.25, 0.3) is 11.8 Å². The fraction of sp³-hybridized carbons (Fsp3) is 0.0476. The number of carbonyl (C=O) groups is 2. The van der Waals surface area contributed by atoms with Crippen molar-refractivity contribution in [1.82, 2.24) is 0 Å². The normalized spacial score (nSPS) is 10.3. The molecule has 6 heteroatoms. The third kappa shape index (κ3) is 4.51. The van der Waals surface area contributed by atoms with Crippen LogP contribution in [0.4, 0.5) is 15.8 Å². The van der Waals surface area contributed by atoms with Gasteiger partial charge in [-0.2, -0.15) is 0 Å². The van der Waals surface area contributed by atoms with Gasteiger partial charge in [0.2, 0.25) is 0 Å². The second kappa shape index (κ2) is 8.01. The number of nitrogens with one attached hydrogen (secondary N) is 2. The summed E-state index contributed by atoms with van der Waals surface area (Å²) >= 11 is 5.97. The van der Waals surface area contributed by atoms with Crippen LogP contribution in [0.25, 0.3) is 0 Å². The molecule has 0 fully saturated rings. The predicted octanol–water partition coefficient (Wildman–Crippen LogP) is 5.29. The molecule has 0 heterocycles. The van der Waals surface area contributed by atoms with Crippen molar-refractivity contribution in [2.24, 2.45) is 0 Å². The summed E-state index contributed by atoms with van der Waals surface area (Å²) in [5, 5.41) is 5.78. The van der Waals surface area contributed by atoms with Crippen molar-refractivity contribution in [3.8, 4) is 0 Å². The van der Waals surface area contributed by atoms with Gasteiger partial charge in [-0.1, -0.05) is 35.9 Å². The molecule has 3 aromatic rings. The number of halogens is 2. The minimum Gasteiger partial charge on any atom is -0.322 e. The first kappa shape index (κ1) is 18.6. The van der Waals surface area contributed by atoms with Crippen molar-refractivity contribution in [1.29, 1.82) is 0 Å². The second-order valence-corrected chi connectivity index (χ2v) is 6.36. The van der Waals surface area contributed by atoms with E-state index in [2.05, 4.69) is 10.6 Å². The van der Waals surface area contributed by atoms with Gasteiger partial charge in [-0.15, -0.1) is 0 Å². The Labute approximate surface area is 161 Å². The molecule has 0 aliphatic carbocycles. The lowest BCUT2D eigenvalue weighted by Crippen LogP contribution is -2.16. The molecule has 4 nitrogen and oxygen atoms in total. The van der Waals surface area contributed by atoms with Gasteiger partial charge in [0.1, 0.15) is 5.82 Å². The number of carbonyl (C=O) groups excluding carboxylic acids is 2. The summed E-state index contributed by atoms with van der Waals surface area (Å²) in [6, 6.07) is 17.3. The lowest BCUT2D eigenvalue weighted by Gasteiger charge is -2.10. The van der Waals surface area contributed by atoms with E-state index in [9.17, 15) is 14.0 Å². The number of anilines is 2. The van der Waals surface area contributed by atoms with Crippen LogP contribution in [0.3, 0.4) is 0 Å². The first-order valence-electron chi connectivity index (χ1n) is 8.17. The van der Waals surface area contributed by atoms with E-state index >= 15 is 0 Å². The van der Waals surface area contributed by atoms with Crippen LogP contribution in [0.15, 0.2) is 66.7 Å². The smallest absolute Gasteiger partial charge is 0.255 e. The van der Waals surface area contributed by atoms with Crippen LogP contribution < -0.4 is 10.6 Å². The Hall–Kier alpha value is -3.18. The zero-order chi connectivity index (χ0) is 19.4. The molecule has 136 valence electrons. The maximum absolute atomic E-state index is 13.7. The van der Waals surface area contributed by atoms with Crippen molar-refractivity contribution in [2.45, 2.75) is 6.92 Å². The number of hydrogen-bond donors (Lipinski definition) is 2. The SMILES string of the molecule is Cc1ccc(Cl)cc1NC(=O)c1cccc(C(=O)Nc2ccccc2F)c1. The quantitative estimate of drug-likeness (QED) is 0.644. The molecule has 0 unspecified atom stereocenters. The van der Waals surface area contributed by atoms with E-state index in [1.54, 1.807) is 42.5 Å². The Kier molecular flexibility index (Phi) is 5.52. The van der Waals surface area contributed by atoms with E-state index in [0.717, 1.165) is 5.56 Å². The Bertz CT molecular complexity index is 1020. The summed E-state index contributed by atoms with van der Waals surface area (Å²) in [5.41, 5.74) is 2.08. The molecule has 27 heavy (non-hydrogen) atoms. The molecule has 0 atom stereocenters. The molecule has 3 rings (SSSR count). The van der Waals surface area contributed by atoms with Crippen LogP contribution >= 0.6 is 11.6 Å². The Morgan fingerprint density at radius 2 is 1.44 bits per heavy atom. The largest absolute Gasteiger partial charge is 0.322 e. The second-order valence-electron chi connectivity index (χ2n) is 5.93. The molecule has 0 aromatic heterocycles. The number of aryl methyl sites for hydroxylation is 1. The first-order valence-corrected chi connectivity index (χ1v) is 8.55. The van der Waals surface area contributed by atoms with Gasteiger partial charge >= 0.3 is 0 Å². The Balaban J connectivity index is 1.78. The van der Waals surface area contributed by atoms with Crippen LogP contribution in [0, 0.1) is 12.7 Å². The van der Waals surface area contributed by atoms with Crippen LogP contribution in [0.1, 0.15) is 26.3 Å². The lowest BCUT2D eigenvalue weighted by molar-refractivity contribution is 0.102. The van der Waals surface area contributed by atoms with E-state index < -0.39 is 11.7 Å². The standard InChI is InChI=1S/C21H16ClFN2O2/c1-13-9-10-16(22)12-19(13)25-21(27)15-6-4-5-14(11-15)20(26)24-18-8-3-2-7-17(18)23/h2-12H,1H3,(H,24,26)(H,25,27). The van der Waals surface area contributed by atoms with E-state index in [4.69, 9.17) is 11.6 Å². The van der Waals surface area contributed by atoms with Crippen molar-refractivity contribution in [3.63, 3.8) is 0 Å². The van der Waals surface area contributed by atoms with Crippen LogP contribution in [-0.2, 0) is 0 Å². The number of hydrogen-bond acceptors (Lipinski definition) is 2. The highest BCUT2D eigenvalue weighted by Crippen LogP contribution is 2.21. The third-order valence-corrected chi connectivity index (χ3v) is 4.19. The van der Waals surface area contributed by atoms with E-state index in [1.165, 1.54) is 24.3 Å². The monoisotopic (exact) mass is 382 g/mol. The molecule has 0 saturated carbocycles. The number of amides is 2. The first-order chi connectivity index (χ1) is 12.9. The predicted molar refractivity (Wildman–Crippen MR) is 105 cm³/mol. The van der Waals surface area contributed by atoms with E-state index in [-0.39, 0.29) is 17.2 Å². The van der Waals surface area contributed by atoms with Crippen molar-refractivity contribution < 1.29 is 14.0 Å². The van der Waals surface area contributed by atoms with Gasteiger partial charge in [-0.3, -0.25) is 9.59 Å². The van der Waals surface area contributed by atoms with Crippen molar-refractivity contribution in [2.75, 3.05) is 10.6 Å². The minimum absolute atomic E-state index is 0.0758. The van der Waals surface area contributed by atoms with Gasteiger partial charge in [-0.05, 0) is 55.0 Å². The maximum atomic E-state index is 13.7. The van der Waals surface area contributed by atoms with E-state index in [0.29, 0.717) is 16.3 Å².